The molecule has 2 aliphatic heterocycles. The maximum Gasteiger partial charge on any atom is 0.250 e. The van der Waals surface area contributed by atoms with E-state index in [9.17, 15) is 4.79 Å². The molecule has 0 saturated carbocycles. The molecule has 2 aliphatic rings. The van der Waals surface area contributed by atoms with Gasteiger partial charge in [-0.25, -0.2) is 0 Å². The third-order valence-electron chi connectivity index (χ3n) is 5.16. The van der Waals surface area contributed by atoms with E-state index < -0.39 is 0 Å². The summed E-state index contributed by atoms with van der Waals surface area (Å²) in [6.45, 7) is 5.81. The number of hydrogen-bond acceptors (Lipinski definition) is 3. The number of likely N-dealkylation sites (tertiary alicyclic amines) is 1. The minimum atomic E-state index is 0.145. The van der Waals surface area contributed by atoms with Crippen molar-refractivity contribution in [3.63, 3.8) is 0 Å². The van der Waals surface area contributed by atoms with Gasteiger partial charge in [0.2, 0.25) is 0 Å². The van der Waals surface area contributed by atoms with Crippen LogP contribution in [0.1, 0.15) is 36.2 Å². The van der Waals surface area contributed by atoms with Gasteiger partial charge in [-0.2, -0.15) is 0 Å². The molecular formula is C20H23N3O. The molecule has 24 heavy (non-hydrogen) atoms. The van der Waals surface area contributed by atoms with E-state index in [0.717, 1.165) is 31.9 Å². The smallest absolute Gasteiger partial charge is 0.250 e. The van der Waals surface area contributed by atoms with Crippen LogP contribution in [0, 0.1) is 5.92 Å². The number of aromatic nitrogens is 2. The van der Waals surface area contributed by atoms with Gasteiger partial charge in [-0.15, -0.1) is 0 Å². The van der Waals surface area contributed by atoms with E-state index in [2.05, 4.69) is 28.1 Å². The van der Waals surface area contributed by atoms with Crippen LogP contribution in [0.25, 0.3) is 6.08 Å². The normalized spacial score (nSPS) is 23.4. The number of pyridine rings is 2. The Morgan fingerprint density at radius 2 is 2.12 bits per heavy atom. The van der Waals surface area contributed by atoms with Crippen molar-refractivity contribution in [1.82, 2.24) is 14.5 Å². The maximum absolute atomic E-state index is 12.3. The zero-order valence-electron chi connectivity index (χ0n) is 14.1. The van der Waals surface area contributed by atoms with Crippen LogP contribution >= 0.6 is 0 Å². The second-order valence-electron chi connectivity index (χ2n) is 6.94. The van der Waals surface area contributed by atoms with Gasteiger partial charge in [0.1, 0.15) is 0 Å². The second kappa shape index (κ2) is 6.36. The number of nitrogens with zero attached hydrogens (tertiary/aromatic N) is 3. The van der Waals surface area contributed by atoms with Crippen LogP contribution in [0.3, 0.4) is 0 Å². The first kappa shape index (κ1) is 15.3. The van der Waals surface area contributed by atoms with E-state index in [1.807, 2.05) is 35.9 Å². The highest BCUT2D eigenvalue weighted by atomic mass is 16.1. The molecule has 0 aliphatic carbocycles. The van der Waals surface area contributed by atoms with E-state index in [1.165, 1.54) is 17.7 Å². The molecule has 4 heteroatoms. The summed E-state index contributed by atoms with van der Waals surface area (Å²) in [5.74, 6) is 0.986. The average Bonchev–Trinajstić information content (AvgIpc) is 2.58. The van der Waals surface area contributed by atoms with Crippen LogP contribution in [-0.4, -0.2) is 27.5 Å². The van der Waals surface area contributed by atoms with Gasteiger partial charge in [0.25, 0.3) is 5.56 Å². The first-order chi connectivity index (χ1) is 11.7. The van der Waals surface area contributed by atoms with E-state index in [-0.39, 0.29) is 5.56 Å². The van der Waals surface area contributed by atoms with Crippen molar-refractivity contribution in [2.45, 2.75) is 32.4 Å². The van der Waals surface area contributed by atoms with Crippen LogP contribution in [0.2, 0.25) is 0 Å². The summed E-state index contributed by atoms with van der Waals surface area (Å²) in [4.78, 5) is 19.3. The van der Waals surface area contributed by atoms with Crippen molar-refractivity contribution in [2.24, 2.45) is 5.92 Å². The Hall–Kier alpha value is -2.20. The monoisotopic (exact) mass is 321 g/mol. The quantitative estimate of drug-likeness (QED) is 0.872. The lowest BCUT2D eigenvalue weighted by Crippen LogP contribution is -2.47. The Morgan fingerprint density at radius 3 is 2.92 bits per heavy atom. The third kappa shape index (κ3) is 2.82. The molecule has 124 valence electrons. The van der Waals surface area contributed by atoms with Crippen molar-refractivity contribution in [3.8, 4) is 0 Å². The minimum Gasteiger partial charge on any atom is -0.311 e. The van der Waals surface area contributed by atoms with Crippen LogP contribution < -0.4 is 5.56 Å². The predicted molar refractivity (Wildman–Crippen MR) is 95.8 cm³/mol. The van der Waals surface area contributed by atoms with Crippen molar-refractivity contribution < 1.29 is 0 Å². The molecule has 2 aromatic rings. The average molecular weight is 321 g/mol. The summed E-state index contributed by atoms with van der Waals surface area (Å²) in [5, 5.41) is 0. The van der Waals surface area contributed by atoms with E-state index in [4.69, 9.17) is 0 Å². The molecule has 2 atom stereocenters. The Labute approximate surface area is 142 Å². The predicted octanol–water partition coefficient (Wildman–Crippen LogP) is 2.90. The highest BCUT2D eigenvalue weighted by molar-refractivity contribution is 5.53. The SMILES string of the molecule is CC=Cc1ccc(=O)n2c1[C@H]1C[C@@H](CN(Cc3ccccn3)C1)C2. The van der Waals surface area contributed by atoms with Gasteiger partial charge < -0.3 is 4.57 Å². The van der Waals surface area contributed by atoms with Crippen molar-refractivity contribution in [2.75, 3.05) is 13.1 Å². The zero-order valence-corrected chi connectivity index (χ0v) is 14.1. The molecular weight excluding hydrogens is 298 g/mol. The summed E-state index contributed by atoms with van der Waals surface area (Å²) in [6, 6.07) is 9.79. The molecule has 0 N–H and O–H groups in total. The van der Waals surface area contributed by atoms with Gasteiger partial charge >= 0.3 is 0 Å². The van der Waals surface area contributed by atoms with Crippen LogP contribution in [0.4, 0.5) is 0 Å². The maximum atomic E-state index is 12.3. The van der Waals surface area contributed by atoms with Crippen LogP contribution in [-0.2, 0) is 13.1 Å². The molecule has 4 nitrogen and oxygen atoms in total. The van der Waals surface area contributed by atoms with Crippen molar-refractivity contribution in [3.05, 3.63) is 69.9 Å². The molecule has 0 radical (unpaired) electrons. The Morgan fingerprint density at radius 1 is 1.21 bits per heavy atom. The molecule has 1 fully saturated rings. The molecule has 2 bridgehead atoms. The Balaban J connectivity index is 1.65. The number of piperidine rings is 1. The summed E-state index contributed by atoms with van der Waals surface area (Å²) in [5.41, 5.74) is 3.69. The topological polar surface area (TPSA) is 38.1 Å². The van der Waals surface area contributed by atoms with Gasteiger partial charge in [-0.3, -0.25) is 14.7 Å². The summed E-state index contributed by atoms with van der Waals surface area (Å²) < 4.78 is 2.02. The lowest BCUT2D eigenvalue weighted by Gasteiger charge is -2.43. The fourth-order valence-corrected chi connectivity index (χ4v) is 4.32. The number of rotatable bonds is 3. The van der Waals surface area contributed by atoms with Gasteiger partial charge in [0.15, 0.2) is 0 Å². The summed E-state index contributed by atoms with van der Waals surface area (Å²) in [7, 11) is 0. The van der Waals surface area contributed by atoms with E-state index in [1.54, 1.807) is 6.07 Å². The lowest BCUT2D eigenvalue weighted by molar-refractivity contribution is 0.113. The number of fused-ring (bicyclic) bond motifs is 4. The second-order valence-corrected chi connectivity index (χ2v) is 6.94. The van der Waals surface area contributed by atoms with Crippen LogP contribution in [0.5, 0.6) is 0 Å². The van der Waals surface area contributed by atoms with Crippen LogP contribution in [0.15, 0.2) is 47.4 Å². The molecule has 2 aromatic heterocycles. The minimum absolute atomic E-state index is 0.145. The lowest BCUT2D eigenvalue weighted by atomic mass is 9.81. The Kier molecular flexibility index (Phi) is 4.07. The van der Waals surface area contributed by atoms with Crippen molar-refractivity contribution in [1.29, 1.82) is 0 Å². The highest BCUT2D eigenvalue weighted by Gasteiger charge is 2.35. The molecule has 0 spiro atoms. The molecule has 4 rings (SSSR count). The molecule has 0 amide bonds. The fraction of sp³-hybridized carbons (Fsp3) is 0.400. The highest BCUT2D eigenvalue weighted by Crippen LogP contribution is 2.37. The van der Waals surface area contributed by atoms with Gasteiger partial charge in [-0.05, 0) is 43.0 Å². The molecule has 0 aromatic carbocycles. The molecule has 0 unspecified atom stereocenters. The largest absolute Gasteiger partial charge is 0.311 e. The van der Waals surface area contributed by atoms with E-state index in [0.29, 0.717) is 11.8 Å². The fourth-order valence-electron chi connectivity index (χ4n) is 4.32. The third-order valence-corrected chi connectivity index (χ3v) is 5.16. The first-order valence-electron chi connectivity index (χ1n) is 8.73. The molecule has 1 saturated heterocycles. The summed E-state index contributed by atoms with van der Waals surface area (Å²) in [6.07, 6.45) is 7.23. The van der Waals surface area contributed by atoms with Crippen molar-refractivity contribution >= 4 is 6.08 Å². The Bertz CT molecular complexity index is 809. The van der Waals surface area contributed by atoms with E-state index >= 15 is 0 Å². The zero-order chi connectivity index (χ0) is 16.5. The molecule has 4 heterocycles. The van der Waals surface area contributed by atoms with Gasteiger partial charge in [0, 0.05) is 50.1 Å². The van der Waals surface area contributed by atoms with Gasteiger partial charge in [0.05, 0.1) is 5.69 Å². The van der Waals surface area contributed by atoms with Gasteiger partial charge in [-0.1, -0.05) is 18.2 Å². The first-order valence-corrected chi connectivity index (χ1v) is 8.73. The standard InChI is InChI=1S/C20H23N3O/c1-2-5-16-7-8-19(24)23-12-15-10-17(20(16)23)13-22(11-15)14-18-6-3-4-9-21-18/h2-9,15,17H,10-14H2,1H3/t15-,17-/m0/s1. The number of allylic oxidation sites excluding steroid dienone is 1. The summed E-state index contributed by atoms with van der Waals surface area (Å²) >= 11 is 0. The number of hydrogen-bond donors (Lipinski definition) is 0.